The summed E-state index contributed by atoms with van der Waals surface area (Å²) in [5.41, 5.74) is 1.03. The maximum atomic E-state index is 9.90. The number of aromatic hydroxyl groups is 2. The van der Waals surface area contributed by atoms with Crippen molar-refractivity contribution in [2.45, 2.75) is 0 Å². The molecule has 0 amide bonds. The average Bonchev–Trinajstić information content (AvgIpc) is 2.44. The van der Waals surface area contributed by atoms with Gasteiger partial charge in [0.05, 0.1) is 4.51 Å². The minimum Gasteiger partial charge on any atom is -0.504 e. The van der Waals surface area contributed by atoms with Gasteiger partial charge in [-0.1, -0.05) is 40.3 Å². The van der Waals surface area contributed by atoms with Crippen LogP contribution in [0.25, 0.3) is 22.3 Å². The standard InChI is InChI=1S/C15H9BrO3S/c16-9-3-1-8(2-4-9)12-7-13(20)10-5-6-11(17)14(18)15(10)19-12/h1-7,17-18H. The summed E-state index contributed by atoms with van der Waals surface area (Å²) in [5, 5.41) is 20.1. The molecule has 1 aromatic heterocycles. The van der Waals surface area contributed by atoms with Crippen molar-refractivity contribution in [1.29, 1.82) is 0 Å². The Morgan fingerprint density at radius 2 is 1.70 bits per heavy atom. The summed E-state index contributed by atoms with van der Waals surface area (Å²) >= 11 is 8.68. The van der Waals surface area contributed by atoms with E-state index in [0.29, 0.717) is 15.7 Å². The Bertz CT molecular complexity index is 853. The second-order valence-electron chi connectivity index (χ2n) is 4.29. The maximum absolute atomic E-state index is 9.90. The van der Waals surface area contributed by atoms with Crippen LogP contribution in [0, 0.1) is 4.51 Å². The van der Waals surface area contributed by atoms with Gasteiger partial charge in [0.25, 0.3) is 0 Å². The van der Waals surface area contributed by atoms with Gasteiger partial charge in [-0.15, -0.1) is 0 Å². The van der Waals surface area contributed by atoms with Crippen molar-refractivity contribution in [1.82, 2.24) is 0 Å². The molecule has 0 aliphatic heterocycles. The molecule has 3 aromatic rings. The van der Waals surface area contributed by atoms with Crippen molar-refractivity contribution >= 4 is 39.1 Å². The molecule has 0 unspecified atom stereocenters. The number of fused-ring (bicyclic) bond motifs is 1. The Morgan fingerprint density at radius 1 is 1.00 bits per heavy atom. The minimum atomic E-state index is -0.299. The monoisotopic (exact) mass is 348 g/mol. The normalized spacial score (nSPS) is 10.8. The molecule has 0 aliphatic rings. The zero-order valence-corrected chi connectivity index (χ0v) is 12.5. The molecule has 2 N–H and O–H groups in total. The Hall–Kier alpha value is -1.85. The summed E-state index contributed by atoms with van der Waals surface area (Å²) in [6, 6.07) is 12.3. The lowest BCUT2D eigenvalue weighted by molar-refractivity contribution is 0.400. The Labute approximate surface area is 128 Å². The van der Waals surface area contributed by atoms with Gasteiger partial charge in [0, 0.05) is 21.5 Å². The molecule has 3 rings (SSSR count). The molecule has 0 aliphatic carbocycles. The predicted molar refractivity (Wildman–Crippen MR) is 83.5 cm³/mol. The molecule has 20 heavy (non-hydrogen) atoms. The number of rotatable bonds is 1. The average molecular weight is 349 g/mol. The molecule has 0 saturated carbocycles. The Kier molecular flexibility index (Phi) is 3.23. The van der Waals surface area contributed by atoms with E-state index in [-0.39, 0.29) is 17.1 Å². The molecule has 2 aromatic carbocycles. The van der Waals surface area contributed by atoms with Crippen LogP contribution < -0.4 is 0 Å². The first-order valence-corrected chi connectivity index (χ1v) is 7.01. The van der Waals surface area contributed by atoms with Crippen LogP contribution in [0.4, 0.5) is 0 Å². The van der Waals surface area contributed by atoms with Crippen LogP contribution in [0.2, 0.25) is 0 Å². The zero-order valence-electron chi connectivity index (χ0n) is 10.1. The lowest BCUT2D eigenvalue weighted by Gasteiger charge is -2.06. The SMILES string of the molecule is Oc1ccc2c(=S)cc(-c3ccc(Br)cc3)oc2c1O. The molecule has 0 radical (unpaired) electrons. The van der Waals surface area contributed by atoms with E-state index >= 15 is 0 Å². The van der Waals surface area contributed by atoms with E-state index in [0.717, 1.165) is 10.0 Å². The van der Waals surface area contributed by atoms with E-state index in [1.165, 1.54) is 6.07 Å². The third kappa shape index (κ3) is 2.19. The fourth-order valence-corrected chi connectivity index (χ4v) is 2.48. The largest absolute Gasteiger partial charge is 0.504 e. The molecular formula is C15H9BrO3S. The van der Waals surface area contributed by atoms with Gasteiger partial charge < -0.3 is 14.6 Å². The summed E-state index contributed by atoms with van der Waals surface area (Å²) < 4.78 is 7.20. The van der Waals surface area contributed by atoms with Gasteiger partial charge in [-0.2, -0.15) is 0 Å². The molecule has 0 saturated heterocycles. The van der Waals surface area contributed by atoms with Gasteiger partial charge in [-0.25, -0.2) is 0 Å². The van der Waals surface area contributed by atoms with Crippen LogP contribution in [0.15, 0.2) is 51.4 Å². The van der Waals surface area contributed by atoms with Crippen molar-refractivity contribution in [2.75, 3.05) is 0 Å². The number of benzene rings is 2. The summed E-state index contributed by atoms with van der Waals surface area (Å²) in [6.45, 7) is 0. The number of phenolic OH excluding ortho intramolecular Hbond substituents is 2. The number of halogens is 1. The van der Waals surface area contributed by atoms with Gasteiger partial charge in [0.1, 0.15) is 5.76 Å². The molecule has 0 atom stereocenters. The van der Waals surface area contributed by atoms with Gasteiger partial charge in [0.15, 0.2) is 11.3 Å². The van der Waals surface area contributed by atoms with Crippen molar-refractivity contribution in [3.63, 3.8) is 0 Å². The van der Waals surface area contributed by atoms with Crippen molar-refractivity contribution < 1.29 is 14.6 Å². The fourth-order valence-electron chi connectivity index (χ4n) is 1.95. The predicted octanol–water partition coefficient (Wildman–Crippen LogP) is 5.00. The van der Waals surface area contributed by atoms with Crippen LogP contribution in [0.1, 0.15) is 0 Å². The molecule has 3 nitrogen and oxygen atoms in total. The van der Waals surface area contributed by atoms with Crippen LogP contribution in [0.3, 0.4) is 0 Å². The van der Waals surface area contributed by atoms with Crippen LogP contribution in [0.5, 0.6) is 11.5 Å². The van der Waals surface area contributed by atoms with Gasteiger partial charge in [-0.05, 0) is 24.3 Å². The lowest BCUT2D eigenvalue weighted by atomic mass is 10.1. The smallest absolute Gasteiger partial charge is 0.201 e. The first kappa shape index (κ1) is 13.1. The zero-order chi connectivity index (χ0) is 14.3. The maximum Gasteiger partial charge on any atom is 0.201 e. The Morgan fingerprint density at radius 3 is 2.40 bits per heavy atom. The summed E-state index contributed by atoms with van der Waals surface area (Å²) in [5.74, 6) is 0.00654. The molecule has 0 bridgehead atoms. The molecule has 100 valence electrons. The van der Waals surface area contributed by atoms with Gasteiger partial charge >= 0.3 is 0 Å². The van der Waals surface area contributed by atoms with Crippen molar-refractivity contribution in [3.05, 3.63) is 51.4 Å². The highest BCUT2D eigenvalue weighted by Gasteiger charge is 2.11. The molecule has 1 heterocycles. The van der Waals surface area contributed by atoms with E-state index in [1.807, 2.05) is 24.3 Å². The van der Waals surface area contributed by atoms with Crippen molar-refractivity contribution in [2.24, 2.45) is 0 Å². The van der Waals surface area contributed by atoms with E-state index < -0.39 is 0 Å². The van der Waals surface area contributed by atoms with Crippen LogP contribution >= 0.6 is 28.1 Å². The summed E-state index contributed by atoms with van der Waals surface area (Å²) in [7, 11) is 0. The summed E-state index contributed by atoms with van der Waals surface area (Å²) in [6.07, 6.45) is 0. The first-order valence-electron chi connectivity index (χ1n) is 5.81. The second-order valence-corrected chi connectivity index (χ2v) is 5.65. The number of hydrogen-bond acceptors (Lipinski definition) is 4. The van der Waals surface area contributed by atoms with E-state index in [2.05, 4.69) is 15.9 Å². The Balaban J connectivity index is 2.31. The fraction of sp³-hybridized carbons (Fsp3) is 0. The minimum absolute atomic E-state index is 0.190. The second kappa shape index (κ2) is 4.92. The van der Waals surface area contributed by atoms with E-state index in [4.69, 9.17) is 16.6 Å². The highest BCUT2D eigenvalue weighted by Crippen LogP contribution is 2.36. The van der Waals surface area contributed by atoms with Gasteiger partial charge in [-0.3, -0.25) is 0 Å². The van der Waals surface area contributed by atoms with E-state index in [1.54, 1.807) is 12.1 Å². The molecule has 0 spiro atoms. The number of phenols is 2. The third-order valence-corrected chi connectivity index (χ3v) is 3.85. The highest BCUT2D eigenvalue weighted by molar-refractivity contribution is 9.10. The topological polar surface area (TPSA) is 53.6 Å². The quantitative estimate of drug-likeness (QED) is 0.479. The molecular weight excluding hydrogens is 340 g/mol. The van der Waals surface area contributed by atoms with E-state index in [9.17, 15) is 10.2 Å². The lowest BCUT2D eigenvalue weighted by Crippen LogP contribution is -1.82. The highest BCUT2D eigenvalue weighted by atomic mass is 79.9. The summed E-state index contributed by atoms with van der Waals surface area (Å²) in [4.78, 5) is 0. The molecule has 0 fully saturated rings. The third-order valence-electron chi connectivity index (χ3n) is 2.98. The van der Waals surface area contributed by atoms with Crippen LogP contribution in [-0.4, -0.2) is 10.2 Å². The van der Waals surface area contributed by atoms with Crippen LogP contribution in [-0.2, 0) is 0 Å². The van der Waals surface area contributed by atoms with Crippen molar-refractivity contribution in [3.8, 4) is 22.8 Å². The molecule has 5 heteroatoms. The number of hydrogen-bond donors (Lipinski definition) is 2. The van der Waals surface area contributed by atoms with Gasteiger partial charge in [0.2, 0.25) is 5.75 Å². The first-order chi connectivity index (χ1) is 9.56.